The molecule has 0 amide bonds. The lowest BCUT2D eigenvalue weighted by atomic mass is 9.84. The van der Waals surface area contributed by atoms with Crippen LogP contribution < -0.4 is 4.90 Å². The van der Waals surface area contributed by atoms with Crippen LogP contribution in [0, 0.1) is 0 Å². The van der Waals surface area contributed by atoms with E-state index in [4.69, 9.17) is 11.6 Å². The number of fused-ring (bicyclic) bond motifs is 3. The van der Waals surface area contributed by atoms with Crippen LogP contribution in [0.15, 0.2) is 96.2 Å². The van der Waals surface area contributed by atoms with Gasteiger partial charge in [-0.1, -0.05) is 78.3 Å². The van der Waals surface area contributed by atoms with Crippen molar-refractivity contribution in [3.63, 3.8) is 0 Å². The van der Waals surface area contributed by atoms with Crippen molar-refractivity contribution in [2.75, 3.05) is 4.90 Å². The van der Waals surface area contributed by atoms with Crippen molar-refractivity contribution in [1.82, 2.24) is 0 Å². The quantitative estimate of drug-likeness (QED) is 0.390. The van der Waals surface area contributed by atoms with Gasteiger partial charge in [-0.05, 0) is 35.4 Å². The maximum absolute atomic E-state index is 13.3. The third-order valence-electron chi connectivity index (χ3n) is 5.60. The van der Waals surface area contributed by atoms with E-state index in [9.17, 15) is 9.59 Å². The number of allylic oxidation sites excluding steroid dienone is 2. The summed E-state index contributed by atoms with van der Waals surface area (Å²) >= 11 is 6.21. The summed E-state index contributed by atoms with van der Waals surface area (Å²) in [5.74, 6) is -0.375. The van der Waals surface area contributed by atoms with Crippen molar-refractivity contribution in [1.29, 1.82) is 0 Å². The number of nitrogens with zero attached hydrogens (tertiary/aromatic N) is 1. The molecule has 2 aliphatic rings. The summed E-state index contributed by atoms with van der Waals surface area (Å²) < 4.78 is 0. The average molecular weight is 412 g/mol. The SMILES string of the molecule is O=C1CC(c2ccccc2)N2C(=C1C(=O)c1ccccc1)C=Cc1cc(Cl)ccc12. The van der Waals surface area contributed by atoms with Crippen molar-refractivity contribution < 1.29 is 9.59 Å². The van der Waals surface area contributed by atoms with Crippen LogP contribution >= 0.6 is 11.6 Å². The van der Waals surface area contributed by atoms with Gasteiger partial charge in [-0.3, -0.25) is 9.59 Å². The zero-order valence-electron chi connectivity index (χ0n) is 16.1. The Labute approximate surface area is 179 Å². The van der Waals surface area contributed by atoms with Crippen molar-refractivity contribution >= 4 is 34.9 Å². The van der Waals surface area contributed by atoms with Gasteiger partial charge in [-0.15, -0.1) is 0 Å². The van der Waals surface area contributed by atoms with Gasteiger partial charge in [0.15, 0.2) is 11.6 Å². The monoisotopic (exact) mass is 411 g/mol. The molecule has 1 atom stereocenters. The molecule has 5 rings (SSSR count). The Bertz CT molecular complexity index is 1210. The van der Waals surface area contributed by atoms with Gasteiger partial charge >= 0.3 is 0 Å². The number of rotatable bonds is 3. The molecule has 0 bridgehead atoms. The second-order valence-corrected chi connectivity index (χ2v) is 7.85. The highest BCUT2D eigenvalue weighted by Gasteiger charge is 2.39. The van der Waals surface area contributed by atoms with Gasteiger partial charge in [0.25, 0.3) is 0 Å². The Morgan fingerprint density at radius 3 is 2.33 bits per heavy atom. The molecule has 2 aliphatic heterocycles. The number of hydrogen-bond donors (Lipinski definition) is 0. The molecule has 0 N–H and O–H groups in total. The lowest BCUT2D eigenvalue weighted by Gasteiger charge is -2.41. The summed E-state index contributed by atoms with van der Waals surface area (Å²) in [4.78, 5) is 28.7. The normalized spacial score (nSPS) is 17.6. The van der Waals surface area contributed by atoms with Gasteiger partial charge in [-0.25, -0.2) is 0 Å². The van der Waals surface area contributed by atoms with E-state index in [1.54, 1.807) is 12.1 Å². The summed E-state index contributed by atoms with van der Waals surface area (Å²) in [6.45, 7) is 0. The zero-order valence-corrected chi connectivity index (χ0v) is 16.8. The second-order valence-electron chi connectivity index (χ2n) is 7.42. The molecule has 3 aromatic carbocycles. The number of Topliss-reactive ketones (excluding diaryl/α,β-unsaturated/α-hetero) is 2. The van der Waals surface area contributed by atoms with Crippen molar-refractivity contribution in [2.24, 2.45) is 0 Å². The number of ketones is 2. The number of carbonyl (C=O) groups excluding carboxylic acids is 2. The van der Waals surface area contributed by atoms with Crippen LogP contribution in [0.2, 0.25) is 5.02 Å². The molecule has 146 valence electrons. The van der Waals surface area contributed by atoms with Gasteiger partial charge in [0, 0.05) is 22.7 Å². The largest absolute Gasteiger partial charge is 0.332 e. The molecule has 0 saturated carbocycles. The van der Waals surface area contributed by atoms with Gasteiger partial charge in [-0.2, -0.15) is 0 Å². The smallest absolute Gasteiger partial charge is 0.198 e. The molecule has 2 heterocycles. The first-order chi connectivity index (χ1) is 14.6. The summed E-state index contributed by atoms with van der Waals surface area (Å²) in [6, 6.07) is 24.4. The molecule has 3 nitrogen and oxygen atoms in total. The van der Waals surface area contributed by atoms with Crippen LogP contribution in [-0.4, -0.2) is 11.6 Å². The first kappa shape index (κ1) is 18.6. The van der Waals surface area contributed by atoms with Crippen LogP contribution in [-0.2, 0) is 4.79 Å². The lowest BCUT2D eigenvalue weighted by molar-refractivity contribution is -0.116. The molecule has 0 aromatic heterocycles. The molecule has 0 spiro atoms. The topological polar surface area (TPSA) is 37.4 Å². The maximum atomic E-state index is 13.3. The first-order valence-corrected chi connectivity index (χ1v) is 10.2. The van der Waals surface area contributed by atoms with Gasteiger partial charge in [0.05, 0.1) is 17.3 Å². The van der Waals surface area contributed by atoms with Crippen molar-refractivity contribution in [3.05, 3.63) is 118 Å². The Hall–Kier alpha value is -3.43. The minimum Gasteiger partial charge on any atom is -0.332 e. The van der Waals surface area contributed by atoms with E-state index in [-0.39, 0.29) is 29.6 Å². The Kier molecular flexibility index (Phi) is 4.61. The molecular formula is C26H18ClNO2. The fraction of sp³-hybridized carbons (Fsp3) is 0.0769. The van der Waals surface area contributed by atoms with E-state index >= 15 is 0 Å². The van der Waals surface area contributed by atoms with Crippen LogP contribution in [0.3, 0.4) is 0 Å². The minimum absolute atomic E-state index is 0.133. The van der Waals surface area contributed by atoms with E-state index in [0.29, 0.717) is 16.3 Å². The molecule has 0 radical (unpaired) electrons. The van der Waals surface area contributed by atoms with Crippen LogP contribution in [0.25, 0.3) is 6.08 Å². The standard InChI is InChI=1S/C26H18ClNO2/c27-20-12-14-21-19(15-20)11-13-22-25(26(30)18-9-5-2-6-10-18)24(29)16-23(28(21)22)17-7-3-1-4-8-17/h1-15,23H,16H2. The minimum atomic E-state index is -0.242. The highest BCUT2D eigenvalue weighted by Crippen LogP contribution is 2.44. The summed E-state index contributed by atoms with van der Waals surface area (Å²) in [7, 11) is 0. The summed E-state index contributed by atoms with van der Waals surface area (Å²) in [5.41, 5.74) is 4.34. The van der Waals surface area contributed by atoms with E-state index < -0.39 is 0 Å². The molecule has 4 heteroatoms. The van der Waals surface area contributed by atoms with Crippen LogP contribution in [0.5, 0.6) is 0 Å². The molecular weight excluding hydrogens is 394 g/mol. The molecule has 30 heavy (non-hydrogen) atoms. The fourth-order valence-electron chi connectivity index (χ4n) is 4.23. The van der Waals surface area contributed by atoms with Gasteiger partial charge < -0.3 is 4.90 Å². The molecule has 3 aromatic rings. The molecule has 0 fully saturated rings. The number of benzene rings is 3. The predicted molar refractivity (Wildman–Crippen MR) is 120 cm³/mol. The third-order valence-corrected chi connectivity index (χ3v) is 5.84. The molecule has 1 unspecified atom stereocenters. The predicted octanol–water partition coefficient (Wildman–Crippen LogP) is 6.02. The van der Waals surface area contributed by atoms with Crippen LogP contribution in [0.4, 0.5) is 5.69 Å². The van der Waals surface area contributed by atoms with E-state index in [1.165, 1.54) is 0 Å². The lowest BCUT2D eigenvalue weighted by Crippen LogP contribution is -2.39. The van der Waals surface area contributed by atoms with Crippen molar-refractivity contribution in [3.8, 4) is 0 Å². The van der Waals surface area contributed by atoms with Crippen LogP contribution in [0.1, 0.15) is 33.9 Å². The third kappa shape index (κ3) is 3.08. The second kappa shape index (κ2) is 7.43. The van der Waals surface area contributed by atoms with Gasteiger partial charge in [0.2, 0.25) is 0 Å². The number of halogens is 1. The highest BCUT2D eigenvalue weighted by atomic mass is 35.5. The maximum Gasteiger partial charge on any atom is 0.198 e. The number of hydrogen-bond acceptors (Lipinski definition) is 3. The first-order valence-electron chi connectivity index (χ1n) is 9.82. The van der Waals surface area contributed by atoms with Gasteiger partial charge in [0.1, 0.15) is 0 Å². The van der Waals surface area contributed by atoms with E-state index in [1.807, 2.05) is 78.9 Å². The van der Waals surface area contributed by atoms with E-state index in [0.717, 1.165) is 16.8 Å². The summed E-state index contributed by atoms with van der Waals surface area (Å²) in [5, 5.41) is 0.649. The Morgan fingerprint density at radius 1 is 0.900 bits per heavy atom. The Morgan fingerprint density at radius 2 is 1.60 bits per heavy atom. The Balaban J connectivity index is 1.72. The summed E-state index contributed by atoms with van der Waals surface area (Å²) in [6.07, 6.45) is 4.02. The number of anilines is 1. The number of carbonyl (C=O) groups is 2. The average Bonchev–Trinajstić information content (AvgIpc) is 2.79. The molecule has 0 aliphatic carbocycles. The van der Waals surface area contributed by atoms with Crippen molar-refractivity contribution in [2.45, 2.75) is 12.5 Å². The zero-order chi connectivity index (χ0) is 20.7. The van der Waals surface area contributed by atoms with E-state index in [2.05, 4.69) is 4.90 Å². The molecule has 0 saturated heterocycles. The fourth-order valence-corrected chi connectivity index (χ4v) is 4.41. The highest BCUT2D eigenvalue weighted by molar-refractivity contribution is 6.31.